The summed E-state index contributed by atoms with van der Waals surface area (Å²) in [6.45, 7) is 1.15. The van der Waals surface area contributed by atoms with Crippen LogP contribution in [-0.4, -0.2) is 21.9 Å². The van der Waals surface area contributed by atoms with Gasteiger partial charge >= 0.3 is 5.97 Å². The normalized spacial score (nSPS) is 19.7. The summed E-state index contributed by atoms with van der Waals surface area (Å²) in [7, 11) is 0. The summed E-state index contributed by atoms with van der Waals surface area (Å²) in [5.41, 5.74) is 2.21. The molecule has 0 atom stereocenters. The maximum Gasteiger partial charge on any atom is 0.306 e. The van der Waals surface area contributed by atoms with Crippen LogP contribution in [0.15, 0.2) is 60.7 Å². The zero-order valence-electron chi connectivity index (χ0n) is 14.9. The molecule has 3 rings (SSSR count). The Kier molecular flexibility index (Phi) is 6.05. The molecule has 0 unspecified atom stereocenters. The van der Waals surface area contributed by atoms with Crippen LogP contribution in [-0.2, 0) is 22.7 Å². The third-order valence-corrected chi connectivity index (χ3v) is 5.17. The van der Waals surface area contributed by atoms with Crippen molar-refractivity contribution in [2.24, 2.45) is 11.8 Å². The van der Waals surface area contributed by atoms with Crippen molar-refractivity contribution in [2.45, 2.75) is 38.8 Å². The average Bonchev–Trinajstić information content (AvgIpc) is 2.68. The molecule has 1 aliphatic rings. The Labute approximate surface area is 154 Å². The molecule has 1 aliphatic carbocycles. The molecule has 0 aromatic heterocycles. The lowest BCUT2D eigenvalue weighted by atomic mass is 9.81. The van der Waals surface area contributed by atoms with Crippen molar-refractivity contribution < 1.29 is 14.7 Å². The van der Waals surface area contributed by atoms with Crippen LogP contribution in [0, 0.1) is 11.8 Å². The van der Waals surface area contributed by atoms with E-state index in [4.69, 9.17) is 5.11 Å². The van der Waals surface area contributed by atoms with Gasteiger partial charge in [0.1, 0.15) is 0 Å². The highest BCUT2D eigenvalue weighted by molar-refractivity contribution is 5.79. The highest BCUT2D eigenvalue weighted by Gasteiger charge is 2.32. The number of hydrogen-bond acceptors (Lipinski definition) is 2. The van der Waals surface area contributed by atoms with Crippen LogP contribution < -0.4 is 0 Å². The van der Waals surface area contributed by atoms with E-state index in [9.17, 15) is 9.59 Å². The van der Waals surface area contributed by atoms with Crippen LogP contribution in [0.3, 0.4) is 0 Å². The van der Waals surface area contributed by atoms with Gasteiger partial charge in [-0.25, -0.2) is 0 Å². The van der Waals surface area contributed by atoms with Crippen molar-refractivity contribution >= 4 is 11.9 Å². The first-order valence-corrected chi connectivity index (χ1v) is 9.23. The van der Waals surface area contributed by atoms with Crippen LogP contribution >= 0.6 is 0 Å². The molecule has 2 aromatic carbocycles. The Morgan fingerprint density at radius 1 is 0.769 bits per heavy atom. The van der Waals surface area contributed by atoms with Crippen molar-refractivity contribution in [3.05, 3.63) is 71.8 Å². The van der Waals surface area contributed by atoms with Crippen LogP contribution in [0.4, 0.5) is 0 Å². The quantitative estimate of drug-likeness (QED) is 0.852. The topological polar surface area (TPSA) is 57.6 Å². The number of rotatable bonds is 6. The first-order chi connectivity index (χ1) is 12.6. The van der Waals surface area contributed by atoms with E-state index >= 15 is 0 Å². The van der Waals surface area contributed by atoms with Gasteiger partial charge in [0.25, 0.3) is 0 Å². The maximum absolute atomic E-state index is 13.2. The molecular weight excluding hydrogens is 326 g/mol. The number of nitrogens with zero attached hydrogens (tertiary/aromatic N) is 1. The lowest BCUT2D eigenvalue weighted by Gasteiger charge is -2.31. The molecule has 2 aromatic rings. The molecule has 26 heavy (non-hydrogen) atoms. The van der Waals surface area contributed by atoms with Crippen LogP contribution in [0.1, 0.15) is 36.8 Å². The zero-order valence-corrected chi connectivity index (χ0v) is 14.9. The van der Waals surface area contributed by atoms with E-state index in [1.165, 1.54) is 0 Å². The van der Waals surface area contributed by atoms with Crippen LogP contribution in [0.25, 0.3) is 0 Å². The molecule has 4 heteroatoms. The summed E-state index contributed by atoms with van der Waals surface area (Å²) in [4.78, 5) is 26.2. The highest BCUT2D eigenvalue weighted by atomic mass is 16.4. The third-order valence-electron chi connectivity index (χ3n) is 5.17. The van der Waals surface area contributed by atoms with Crippen molar-refractivity contribution in [3.63, 3.8) is 0 Å². The second-order valence-corrected chi connectivity index (χ2v) is 7.05. The molecular formula is C22H25NO3. The SMILES string of the molecule is O=C(O)C1CCC(C(=O)N(Cc2ccccc2)Cc2ccccc2)CC1. The minimum atomic E-state index is -0.735. The summed E-state index contributed by atoms with van der Waals surface area (Å²) < 4.78 is 0. The van der Waals surface area contributed by atoms with E-state index in [0.29, 0.717) is 38.8 Å². The van der Waals surface area contributed by atoms with Gasteiger partial charge in [-0.3, -0.25) is 9.59 Å². The van der Waals surface area contributed by atoms with E-state index in [1.54, 1.807) is 0 Å². The standard InChI is InChI=1S/C22H25NO3/c24-21(19-11-13-20(14-12-19)22(25)26)23(15-17-7-3-1-4-8-17)16-18-9-5-2-6-10-18/h1-10,19-20H,11-16H2,(H,25,26). The lowest BCUT2D eigenvalue weighted by Crippen LogP contribution is -2.37. The molecule has 0 saturated heterocycles. The first kappa shape index (κ1) is 18.2. The van der Waals surface area contributed by atoms with Gasteiger partial charge < -0.3 is 10.0 Å². The minimum Gasteiger partial charge on any atom is -0.481 e. The third kappa shape index (κ3) is 4.72. The Hall–Kier alpha value is -2.62. The summed E-state index contributed by atoms with van der Waals surface area (Å²) in [5.74, 6) is -0.961. The van der Waals surface area contributed by atoms with E-state index < -0.39 is 5.97 Å². The molecule has 4 nitrogen and oxygen atoms in total. The number of hydrogen-bond donors (Lipinski definition) is 1. The van der Waals surface area contributed by atoms with Crippen LogP contribution in [0.5, 0.6) is 0 Å². The van der Waals surface area contributed by atoms with E-state index in [-0.39, 0.29) is 17.7 Å². The van der Waals surface area contributed by atoms with Crippen LogP contribution in [0.2, 0.25) is 0 Å². The van der Waals surface area contributed by atoms with Gasteiger partial charge in [-0.05, 0) is 36.8 Å². The van der Waals surface area contributed by atoms with E-state index in [0.717, 1.165) is 11.1 Å². The molecule has 1 fully saturated rings. The first-order valence-electron chi connectivity index (χ1n) is 9.23. The van der Waals surface area contributed by atoms with E-state index in [1.807, 2.05) is 65.6 Å². The Morgan fingerprint density at radius 3 is 1.62 bits per heavy atom. The molecule has 1 saturated carbocycles. The molecule has 136 valence electrons. The molecule has 0 aliphatic heterocycles. The van der Waals surface area contributed by atoms with E-state index in [2.05, 4.69) is 0 Å². The molecule has 0 bridgehead atoms. The number of carboxylic acid groups (broad SMARTS) is 1. The number of carbonyl (C=O) groups is 2. The largest absolute Gasteiger partial charge is 0.481 e. The van der Waals surface area contributed by atoms with Crippen molar-refractivity contribution in [1.29, 1.82) is 0 Å². The summed E-state index contributed by atoms with van der Waals surface area (Å²) in [6, 6.07) is 20.0. The predicted octanol–water partition coefficient (Wildman–Crippen LogP) is 4.11. The molecule has 1 amide bonds. The van der Waals surface area contributed by atoms with Gasteiger partial charge in [0.2, 0.25) is 5.91 Å². The summed E-state index contributed by atoms with van der Waals surface area (Å²) in [6.07, 6.45) is 2.51. The number of carboxylic acids is 1. The Morgan fingerprint density at radius 2 is 1.19 bits per heavy atom. The Balaban J connectivity index is 1.72. The molecule has 0 radical (unpaired) electrons. The molecule has 0 spiro atoms. The van der Waals surface area contributed by atoms with Crippen molar-refractivity contribution in [3.8, 4) is 0 Å². The van der Waals surface area contributed by atoms with Crippen molar-refractivity contribution in [2.75, 3.05) is 0 Å². The zero-order chi connectivity index (χ0) is 18.4. The maximum atomic E-state index is 13.2. The number of benzene rings is 2. The smallest absolute Gasteiger partial charge is 0.306 e. The van der Waals surface area contributed by atoms with Gasteiger partial charge in [0, 0.05) is 19.0 Å². The second-order valence-electron chi connectivity index (χ2n) is 7.05. The van der Waals surface area contributed by atoms with Gasteiger partial charge in [-0.15, -0.1) is 0 Å². The molecule has 0 heterocycles. The highest BCUT2D eigenvalue weighted by Crippen LogP contribution is 2.31. The lowest BCUT2D eigenvalue weighted by molar-refractivity contribution is -0.146. The fourth-order valence-corrected chi connectivity index (χ4v) is 3.66. The fourth-order valence-electron chi connectivity index (χ4n) is 3.66. The monoisotopic (exact) mass is 351 g/mol. The minimum absolute atomic E-state index is 0.0713. The average molecular weight is 351 g/mol. The predicted molar refractivity (Wildman–Crippen MR) is 100 cm³/mol. The van der Waals surface area contributed by atoms with Crippen molar-refractivity contribution in [1.82, 2.24) is 4.90 Å². The number of amides is 1. The number of carbonyl (C=O) groups excluding carboxylic acids is 1. The van der Waals surface area contributed by atoms with Gasteiger partial charge in [-0.1, -0.05) is 60.7 Å². The summed E-state index contributed by atoms with van der Waals surface area (Å²) in [5, 5.41) is 9.17. The fraction of sp³-hybridized carbons (Fsp3) is 0.364. The van der Waals surface area contributed by atoms with Gasteiger partial charge in [0.15, 0.2) is 0 Å². The van der Waals surface area contributed by atoms with Gasteiger partial charge in [0.05, 0.1) is 5.92 Å². The number of aliphatic carboxylic acids is 1. The Bertz CT molecular complexity index is 680. The second kappa shape index (κ2) is 8.65. The summed E-state index contributed by atoms with van der Waals surface area (Å²) >= 11 is 0. The van der Waals surface area contributed by atoms with Gasteiger partial charge in [-0.2, -0.15) is 0 Å². The molecule has 1 N–H and O–H groups in total.